The number of carbonyl (C=O) groups excluding carboxylic acids is 2. The van der Waals surface area contributed by atoms with Gasteiger partial charge < -0.3 is 10.2 Å². The lowest BCUT2D eigenvalue weighted by Gasteiger charge is -2.57. The molecule has 9 heteroatoms. The van der Waals surface area contributed by atoms with Crippen LogP contribution in [0, 0.1) is 17.8 Å². The Kier molecular flexibility index (Phi) is 10.2. The molecule has 4 bridgehead atoms. The summed E-state index contributed by atoms with van der Waals surface area (Å²) in [6, 6.07) is 23.7. The van der Waals surface area contributed by atoms with Crippen LogP contribution in [-0.4, -0.2) is 50.0 Å². The van der Waals surface area contributed by atoms with Crippen LogP contribution in [0.15, 0.2) is 78.9 Å². The van der Waals surface area contributed by atoms with E-state index in [1.165, 1.54) is 53.3 Å². The molecule has 2 amide bonds. The van der Waals surface area contributed by atoms with Crippen molar-refractivity contribution < 1.29 is 18.0 Å². The Labute approximate surface area is 291 Å². The molecule has 3 aromatic carbocycles. The van der Waals surface area contributed by atoms with Gasteiger partial charge in [-0.1, -0.05) is 79.2 Å². The molecule has 1 N–H and O–H groups in total. The molecule has 0 unspecified atom stereocenters. The van der Waals surface area contributed by atoms with Gasteiger partial charge >= 0.3 is 0 Å². The molecule has 0 heterocycles. The molecule has 2 atom stereocenters. The van der Waals surface area contributed by atoms with Gasteiger partial charge in [0.15, 0.2) is 0 Å². The summed E-state index contributed by atoms with van der Waals surface area (Å²) in [4.78, 5) is 29.9. The first-order valence-electron chi connectivity index (χ1n) is 17.4. The van der Waals surface area contributed by atoms with Crippen LogP contribution < -0.4 is 9.62 Å². The Morgan fingerprint density at radius 3 is 2.04 bits per heavy atom. The largest absolute Gasteiger partial charge is 0.352 e. The van der Waals surface area contributed by atoms with E-state index in [0.717, 1.165) is 36.0 Å². The number of amides is 2. The van der Waals surface area contributed by atoms with Gasteiger partial charge in [0.2, 0.25) is 21.8 Å². The lowest BCUT2D eigenvalue weighted by atomic mass is 9.48. The standard InChI is InChI=1S/C39H48ClN3O4S/c1-4-27(2)41-38(45)36(21-28-10-6-5-7-11-28)42(25-32-12-8-9-13-35(32)40)37(44)26-43(48(3,46)47)34-16-14-33(15-17-34)39-22-29-18-30(23-39)20-31(19-29)24-39/h5-17,27,29-31,36H,4,18-26H2,1-3H3,(H,41,45)/t27-,29?,30?,31?,36+,39?/m1/s1. The second-order valence-corrected chi connectivity index (χ2v) is 17.0. The molecule has 4 saturated carbocycles. The van der Waals surface area contributed by atoms with Crippen molar-refractivity contribution in [3.05, 3.63) is 101 Å². The summed E-state index contributed by atoms with van der Waals surface area (Å²) in [5.41, 5.74) is 3.47. The molecule has 0 aliphatic heterocycles. The summed E-state index contributed by atoms with van der Waals surface area (Å²) in [6.45, 7) is 3.52. The number of hydrogen-bond donors (Lipinski definition) is 1. The number of rotatable bonds is 13. The number of benzene rings is 3. The summed E-state index contributed by atoms with van der Waals surface area (Å²) >= 11 is 6.58. The summed E-state index contributed by atoms with van der Waals surface area (Å²) in [5, 5.41) is 3.53. The number of carbonyl (C=O) groups is 2. The second kappa shape index (κ2) is 14.2. The van der Waals surface area contributed by atoms with E-state index in [1.54, 1.807) is 6.07 Å². The minimum absolute atomic E-state index is 0.0481. The molecular weight excluding hydrogens is 642 g/mol. The average Bonchev–Trinajstić information content (AvgIpc) is 3.05. The van der Waals surface area contributed by atoms with Crippen LogP contribution in [0.4, 0.5) is 5.69 Å². The van der Waals surface area contributed by atoms with Crippen molar-refractivity contribution in [2.75, 3.05) is 17.1 Å². The lowest BCUT2D eigenvalue weighted by molar-refractivity contribution is -0.140. The normalized spacial score (nSPS) is 24.1. The molecule has 0 saturated heterocycles. The van der Waals surface area contributed by atoms with E-state index in [4.69, 9.17) is 11.6 Å². The molecule has 7 nitrogen and oxygen atoms in total. The first kappa shape index (κ1) is 34.5. The first-order chi connectivity index (χ1) is 22.9. The Bertz CT molecular complexity index is 1680. The SMILES string of the molecule is CC[C@@H](C)NC(=O)[C@H](Cc1ccccc1)N(Cc1ccccc1Cl)C(=O)CN(c1ccc(C23CC4CC(CC(C4)C2)C3)cc1)S(C)(=O)=O. The fourth-order valence-corrected chi connectivity index (χ4v) is 9.91. The van der Waals surface area contributed by atoms with E-state index in [-0.39, 0.29) is 30.3 Å². The van der Waals surface area contributed by atoms with Crippen molar-refractivity contribution in [2.45, 2.75) is 89.3 Å². The van der Waals surface area contributed by atoms with Gasteiger partial charge in [0, 0.05) is 24.0 Å². The van der Waals surface area contributed by atoms with Crippen molar-refractivity contribution in [1.29, 1.82) is 0 Å². The molecular formula is C39H48ClN3O4S. The fourth-order valence-electron chi connectivity index (χ4n) is 8.86. The Morgan fingerprint density at radius 1 is 0.896 bits per heavy atom. The predicted octanol–water partition coefficient (Wildman–Crippen LogP) is 7.13. The highest BCUT2D eigenvalue weighted by Gasteiger charge is 2.51. The third-order valence-corrected chi connectivity index (χ3v) is 12.6. The zero-order chi connectivity index (χ0) is 34.1. The topological polar surface area (TPSA) is 86.8 Å². The van der Waals surface area contributed by atoms with Crippen LogP contribution in [0.2, 0.25) is 5.02 Å². The average molecular weight is 690 g/mol. The number of nitrogens with zero attached hydrogens (tertiary/aromatic N) is 2. The van der Waals surface area contributed by atoms with Crippen LogP contribution >= 0.6 is 11.6 Å². The third kappa shape index (κ3) is 7.60. The lowest BCUT2D eigenvalue weighted by Crippen LogP contribution is -2.54. The Hall–Kier alpha value is -3.36. The van der Waals surface area contributed by atoms with Crippen molar-refractivity contribution in [3.63, 3.8) is 0 Å². The van der Waals surface area contributed by atoms with E-state index in [1.807, 2.05) is 74.5 Å². The zero-order valence-electron chi connectivity index (χ0n) is 28.3. The molecule has 48 heavy (non-hydrogen) atoms. The Morgan fingerprint density at radius 2 is 1.48 bits per heavy atom. The van der Waals surface area contributed by atoms with E-state index < -0.39 is 28.5 Å². The minimum atomic E-state index is -3.85. The van der Waals surface area contributed by atoms with Gasteiger partial charge in [-0.15, -0.1) is 0 Å². The maximum Gasteiger partial charge on any atom is 0.244 e. The van der Waals surface area contributed by atoms with Gasteiger partial charge in [0.25, 0.3) is 0 Å². The summed E-state index contributed by atoms with van der Waals surface area (Å²) in [5.74, 6) is 1.62. The van der Waals surface area contributed by atoms with E-state index in [2.05, 4.69) is 17.4 Å². The maximum atomic E-state index is 14.5. The quantitative estimate of drug-likeness (QED) is 0.207. The fraction of sp³-hybridized carbons (Fsp3) is 0.487. The van der Waals surface area contributed by atoms with Crippen molar-refractivity contribution >= 4 is 39.1 Å². The molecule has 256 valence electrons. The predicted molar refractivity (Wildman–Crippen MR) is 192 cm³/mol. The maximum absolute atomic E-state index is 14.5. The molecule has 4 fully saturated rings. The van der Waals surface area contributed by atoms with Crippen molar-refractivity contribution in [2.24, 2.45) is 17.8 Å². The highest BCUT2D eigenvalue weighted by molar-refractivity contribution is 7.92. The molecule has 0 spiro atoms. The highest BCUT2D eigenvalue weighted by atomic mass is 35.5. The number of sulfonamides is 1. The summed E-state index contributed by atoms with van der Waals surface area (Å²) < 4.78 is 27.9. The molecule has 4 aliphatic carbocycles. The number of halogens is 1. The van der Waals surface area contributed by atoms with Crippen LogP contribution in [0.1, 0.15) is 75.5 Å². The second-order valence-electron chi connectivity index (χ2n) is 14.7. The molecule has 0 aromatic heterocycles. The number of hydrogen-bond acceptors (Lipinski definition) is 4. The van der Waals surface area contributed by atoms with Crippen LogP contribution in [0.5, 0.6) is 0 Å². The molecule has 3 aromatic rings. The third-order valence-electron chi connectivity index (χ3n) is 11.1. The minimum Gasteiger partial charge on any atom is -0.352 e. The van der Waals surface area contributed by atoms with Crippen LogP contribution in [-0.2, 0) is 38.0 Å². The van der Waals surface area contributed by atoms with Gasteiger partial charge in [0.05, 0.1) is 11.9 Å². The van der Waals surface area contributed by atoms with Crippen LogP contribution in [0.3, 0.4) is 0 Å². The van der Waals surface area contributed by atoms with Gasteiger partial charge in [-0.25, -0.2) is 8.42 Å². The Balaban J connectivity index is 1.31. The zero-order valence-corrected chi connectivity index (χ0v) is 29.8. The van der Waals surface area contributed by atoms with Gasteiger partial charge in [-0.2, -0.15) is 0 Å². The van der Waals surface area contributed by atoms with Crippen molar-refractivity contribution in [3.8, 4) is 0 Å². The number of nitrogens with one attached hydrogen (secondary N) is 1. The number of anilines is 1. The summed E-state index contributed by atoms with van der Waals surface area (Å²) in [7, 11) is -3.85. The molecule has 0 radical (unpaired) electrons. The van der Waals surface area contributed by atoms with Crippen LogP contribution in [0.25, 0.3) is 0 Å². The van der Waals surface area contributed by atoms with Gasteiger partial charge in [-0.05, 0) is 110 Å². The van der Waals surface area contributed by atoms with E-state index >= 15 is 0 Å². The van der Waals surface area contributed by atoms with Gasteiger partial charge in [-0.3, -0.25) is 13.9 Å². The molecule has 4 aliphatic rings. The molecule has 7 rings (SSSR count). The van der Waals surface area contributed by atoms with Crippen molar-refractivity contribution in [1.82, 2.24) is 10.2 Å². The van der Waals surface area contributed by atoms with E-state index in [0.29, 0.717) is 16.3 Å². The van der Waals surface area contributed by atoms with Gasteiger partial charge in [0.1, 0.15) is 12.6 Å². The van der Waals surface area contributed by atoms with E-state index in [9.17, 15) is 18.0 Å². The monoisotopic (exact) mass is 689 g/mol. The smallest absolute Gasteiger partial charge is 0.244 e. The summed E-state index contributed by atoms with van der Waals surface area (Å²) in [6.07, 6.45) is 9.82. The first-order valence-corrected chi connectivity index (χ1v) is 19.6. The highest BCUT2D eigenvalue weighted by Crippen LogP contribution is 2.60.